The van der Waals surface area contributed by atoms with E-state index in [9.17, 15) is 33.6 Å². The van der Waals surface area contributed by atoms with E-state index in [-0.39, 0.29) is 44.8 Å². The number of hydrogen-bond acceptors (Lipinski definition) is 9. The van der Waals surface area contributed by atoms with E-state index >= 15 is 0 Å². The summed E-state index contributed by atoms with van der Waals surface area (Å²) in [6.07, 6.45) is 3.92. The highest BCUT2D eigenvalue weighted by atomic mass is 16.5. The molecule has 0 unspecified atom stereocenters. The first-order valence-electron chi connectivity index (χ1n) is 14.2. The van der Waals surface area contributed by atoms with E-state index in [0.717, 1.165) is 0 Å². The van der Waals surface area contributed by atoms with Crippen LogP contribution in [0, 0.1) is 5.92 Å². The first-order chi connectivity index (χ1) is 19.8. The second kappa shape index (κ2) is 18.5. The molecule has 236 valence electrons. The lowest BCUT2D eigenvalue weighted by molar-refractivity contribution is -0.147. The van der Waals surface area contributed by atoms with Crippen LogP contribution in [-0.4, -0.2) is 90.8 Å². The highest BCUT2D eigenvalue weighted by molar-refractivity contribution is 5.95. The van der Waals surface area contributed by atoms with Crippen LogP contribution in [0.4, 0.5) is 0 Å². The van der Waals surface area contributed by atoms with Crippen molar-refractivity contribution in [3.8, 4) is 0 Å². The van der Waals surface area contributed by atoms with E-state index in [1.807, 2.05) is 13.8 Å². The number of carbonyl (C=O) groups is 7. The normalized spacial score (nSPS) is 16.8. The highest BCUT2D eigenvalue weighted by Crippen LogP contribution is 2.21. The smallest absolute Gasteiger partial charge is 0.330 e. The van der Waals surface area contributed by atoms with Gasteiger partial charge in [0.25, 0.3) is 0 Å². The lowest BCUT2D eigenvalue weighted by Gasteiger charge is -2.30. The summed E-state index contributed by atoms with van der Waals surface area (Å²) < 4.78 is 9.62. The second-order valence-corrected chi connectivity index (χ2v) is 10.5. The van der Waals surface area contributed by atoms with Gasteiger partial charge in [0.15, 0.2) is 0 Å². The van der Waals surface area contributed by atoms with E-state index < -0.39 is 65.6 Å². The topological polar surface area (TPSA) is 203 Å². The van der Waals surface area contributed by atoms with Crippen molar-refractivity contribution < 1.29 is 43.0 Å². The van der Waals surface area contributed by atoms with Crippen LogP contribution >= 0.6 is 0 Å². The Morgan fingerprint density at radius 3 is 2.26 bits per heavy atom. The number of nitrogens with two attached hydrogens (primary N) is 1. The molecule has 5 N–H and O–H groups in total. The monoisotopic (exact) mass is 595 g/mol. The van der Waals surface area contributed by atoms with Crippen LogP contribution in [0.5, 0.6) is 0 Å². The maximum absolute atomic E-state index is 13.6. The Labute approximate surface area is 246 Å². The zero-order chi connectivity index (χ0) is 31.8. The quantitative estimate of drug-likeness (QED) is 0.130. The van der Waals surface area contributed by atoms with Gasteiger partial charge in [-0.15, -0.1) is 0 Å². The number of methoxy groups -OCH3 is 1. The van der Waals surface area contributed by atoms with Crippen LogP contribution in [0.2, 0.25) is 0 Å². The zero-order valence-electron chi connectivity index (χ0n) is 25.1. The Kier molecular flexibility index (Phi) is 15.8. The van der Waals surface area contributed by atoms with Gasteiger partial charge in [0.2, 0.25) is 29.5 Å². The van der Waals surface area contributed by atoms with Gasteiger partial charge in [-0.25, -0.2) is 9.59 Å². The van der Waals surface area contributed by atoms with Gasteiger partial charge in [-0.3, -0.25) is 24.0 Å². The number of nitrogens with zero attached hydrogens (tertiary/aromatic N) is 1. The van der Waals surface area contributed by atoms with Crippen molar-refractivity contribution >= 4 is 41.5 Å². The first kappa shape index (κ1) is 36.1. The number of esters is 2. The van der Waals surface area contributed by atoms with Crippen LogP contribution < -0.4 is 21.7 Å². The van der Waals surface area contributed by atoms with Crippen molar-refractivity contribution in [2.24, 2.45) is 11.7 Å². The summed E-state index contributed by atoms with van der Waals surface area (Å²) in [5.74, 6) is -4.02. The lowest BCUT2D eigenvalue weighted by Crippen LogP contribution is -2.57. The van der Waals surface area contributed by atoms with Crippen molar-refractivity contribution in [2.45, 2.75) is 96.8 Å². The molecule has 0 aromatic rings. The molecule has 0 radical (unpaired) electrons. The summed E-state index contributed by atoms with van der Waals surface area (Å²) in [4.78, 5) is 88.4. The fourth-order valence-corrected chi connectivity index (χ4v) is 4.56. The summed E-state index contributed by atoms with van der Waals surface area (Å²) in [6, 6.07) is -4.05. The highest BCUT2D eigenvalue weighted by Gasteiger charge is 2.39. The minimum absolute atomic E-state index is 0.0846. The van der Waals surface area contributed by atoms with E-state index in [4.69, 9.17) is 15.2 Å². The van der Waals surface area contributed by atoms with Gasteiger partial charge in [-0.1, -0.05) is 19.9 Å². The molecule has 0 aromatic heterocycles. The van der Waals surface area contributed by atoms with Crippen LogP contribution in [0.1, 0.15) is 72.6 Å². The first-order valence-corrected chi connectivity index (χ1v) is 14.2. The molecule has 0 saturated carbocycles. The Morgan fingerprint density at radius 2 is 1.69 bits per heavy atom. The van der Waals surface area contributed by atoms with Crippen LogP contribution in [0.3, 0.4) is 0 Å². The number of primary amides is 1. The van der Waals surface area contributed by atoms with Gasteiger partial charge in [0.05, 0.1) is 13.7 Å². The molecule has 5 amide bonds. The average molecular weight is 596 g/mol. The van der Waals surface area contributed by atoms with E-state index in [1.54, 1.807) is 6.92 Å². The number of amides is 5. The molecule has 14 nitrogen and oxygen atoms in total. The Balaban J connectivity index is 3.08. The number of allylic oxidation sites excluding steroid dienone is 1. The van der Waals surface area contributed by atoms with Gasteiger partial charge in [-0.2, -0.15) is 0 Å². The standard InChI is InChI=1S/C28H45N5O9/c1-6-42-24(36)12-8-7-10-19(30-18(4)34)25(37)31-20(13-14-23(29)35)27(39)33-15-9-11-22(33)26(38)32-21(16-17(2)3)28(40)41-5/h8,12,17,19-22H,6-7,9-11,13-16H2,1-5H3,(H2,29,35)(H,30,34)(H,31,37)(H,32,38)/b12-8+/t19-,20-,21-,22+/m1/s1. The summed E-state index contributed by atoms with van der Waals surface area (Å²) >= 11 is 0. The molecule has 1 aliphatic rings. The van der Waals surface area contributed by atoms with Crippen molar-refractivity contribution in [1.29, 1.82) is 0 Å². The van der Waals surface area contributed by atoms with Gasteiger partial charge < -0.3 is 36.1 Å². The molecule has 1 aliphatic heterocycles. The molecule has 42 heavy (non-hydrogen) atoms. The third-order valence-corrected chi connectivity index (χ3v) is 6.50. The van der Waals surface area contributed by atoms with Crippen LogP contribution in [0.25, 0.3) is 0 Å². The zero-order valence-corrected chi connectivity index (χ0v) is 25.1. The fourth-order valence-electron chi connectivity index (χ4n) is 4.56. The van der Waals surface area contributed by atoms with Crippen molar-refractivity contribution in [2.75, 3.05) is 20.3 Å². The summed E-state index contributed by atoms with van der Waals surface area (Å²) in [7, 11) is 1.23. The average Bonchev–Trinajstić information content (AvgIpc) is 3.41. The van der Waals surface area contributed by atoms with Gasteiger partial charge >= 0.3 is 11.9 Å². The molecule has 14 heteroatoms. The molecule has 0 aliphatic carbocycles. The fraction of sp³-hybridized carbons (Fsp3) is 0.679. The third-order valence-electron chi connectivity index (χ3n) is 6.50. The predicted octanol–water partition coefficient (Wildman–Crippen LogP) is -0.164. The second-order valence-electron chi connectivity index (χ2n) is 10.5. The van der Waals surface area contributed by atoms with Crippen molar-refractivity contribution in [3.63, 3.8) is 0 Å². The molecule has 1 rings (SSSR count). The minimum Gasteiger partial charge on any atom is -0.467 e. The van der Waals surface area contributed by atoms with E-state index in [0.29, 0.717) is 19.3 Å². The minimum atomic E-state index is -1.21. The maximum Gasteiger partial charge on any atom is 0.330 e. The molecule has 0 bridgehead atoms. The van der Waals surface area contributed by atoms with Crippen molar-refractivity contribution in [1.82, 2.24) is 20.9 Å². The van der Waals surface area contributed by atoms with Crippen molar-refractivity contribution in [3.05, 3.63) is 12.2 Å². The van der Waals surface area contributed by atoms with E-state index in [2.05, 4.69) is 16.0 Å². The van der Waals surface area contributed by atoms with Gasteiger partial charge in [0, 0.05) is 26.0 Å². The van der Waals surface area contributed by atoms with Crippen LogP contribution in [-0.2, 0) is 43.0 Å². The van der Waals surface area contributed by atoms with Gasteiger partial charge in [0.1, 0.15) is 24.2 Å². The predicted molar refractivity (Wildman–Crippen MR) is 151 cm³/mol. The summed E-state index contributed by atoms with van der Waals surface area (Å²) in [5.41, 5.74) is 5.30. The number of hydrogen-bond donors (Lipinski definition) is 4. The molecule has 0 spiro atoms. The largest absolute Gasteiger partial charge is 0.467 e. The molecule has 0 aromatic carbocycles. The maximum atomic E-state index is 13.6. The lowest BCUT2D eigenvalue weighted by atomic mass is 10.0. The van der Waals surface area contributed by atoms with Crippen LogP contribution in [0.15, 0.2) is 12.2 Å². The number of rotatable bonds is 17. The molecule has 1 fully saturated rings. The molecule has 1 heterocycles. The van der Waals surface area contributed by atoms with E-state index in [1.165, 1.54) is 31.1 Å². The van der Waals surface area contributed by atoms with Gasteiger partial charge in [-0.05, 0) is 51.4 Å². The SMILES string of the molecule is CCOC(=O)/C=C/CC[C@@H](NC(C)=O)C(=O)N[C@H](CCC(N)=O)C(=O)N1CCC[C@H]1C(=O)N[C@H](CC(C)C)C(=O)OC. The number of nitrogens with one attached hydrogen (secondary N) is 3. The molecular weight excluding hydrogens is 550 g/mol. The Hall–Kier alpha value is -3.97. The summed E-state index contributed by atoms with van der Waals surface area (Å²) in [5, 5.41) is 7.81. The number of carbonyl (C=O) groups excluding carboxylic acids is 7. The Morgan fingerprint density at radius 1 is 1.00 bits per heavy atom. The summed E-state index contributed by atoms with van der Waals surface area (Å²) in [6.45, 7) is 7.13. The number of likely N-dealkylation sites (tertiary alicyclic amines) is 1. The molecule has 4 atom stereocenters. The third kappa shape index (κ3) is 12.7. The molecular formula is C28H45N5O9. The molecule has 1 saturated heterocycles. The number of ether oxygens (including phenoxy) is 2. The Bertz CT molecular complexity index is 1010.